The standard InChI is InChI=1S/C9H11NO3S/c1-13-9-5-7(6-14-2)3-4-8(9)10(11)12/h3-5H,6H2,1-2H3. The Morgan fingerprint density at radius 3 is 2.79 bits per heavy atom. The van der Waals surface area contributed by atoms with Gasteiger partial charge in [0.05, 0.1) is 12.0 Å². The van der Waals surface area contributed by atoms with E-state index in [9.17, 15) is 10.1 Å². The van der Waals surface area contributed by atoms with E-state index in [1.165, 1.54) is 13.2 Å². The molecule has 0 heterocycles. The van der Waals surface area contributed by atoms with Crippen LogP contribution in [0, 0.1) is 10.1 Å². The van der Waals surface area contributed by atoms with E-state index in [1.807, 2.05) is 6.26 Å². The van der Waals surface area contributed by atoms with Gasteiger partial charge >= 0.3 is 5.69 Å². The van der Waals surface area contributed by atoms with Gasteiger partial charge in [-0.05, 0) is 17.9 Å². The second-order valence-electron chi connectivity index (χ2n) is 2.70. The molecule has 0 atom stereocenters. The summed E-state index contributed by atoms with van der Waals surface area (Å²) < 4.78 is 4.94. The largest absolute Gasteiger partial charge is 0.490 e. The first-order chi connectivity index (χ1) is 6.69. The summed E-state index contributed by atoms with van der Waals surface area (Å²) in [5.41, 5.74) is 1.04. The van der Waals surface area contributed by atoms with Crippen LogP contribution in [-0.2, 0) is 5.75 Å². The summed E-state index contributed by atoms with van der Waals surface area (Å²) >= 11 is 1.66. The van der Waals surface area contributed by atoms with Gasteiger partial charge in [-0.1, -0.05) is 6.07 Å². The number of methoxy groups -OCH3 is 1. The molecule has 14 heavy (non-hydrogen) atoms. The highest BCUT2D eigenvalue weighted by molar-refractivity contribution is 7.97. The molecule has 0 radical (unpaired) electrons. The number of nitro benzene ring substituents is 1. The predicted molar refractivity (Wildman–Crippen MR) is 56.9 cm³/mol. The van der Waals surface area contributed by atoms with Crippen molar-refractivity contribution in [2.75, 3.05) is 13.4 Å². The maximum absolute atomic E-state index is 10.6. The van der Waals surface area contributed by atoms with Crippen LogP contribution in [0.4, 0.5) is 5.69 Å². The van der Waals surface area contributed by atoms with Crippen molar-refractivity contribution in [3.8, 4) is 5.75 Å². The Morgan fingerprint density at radius 1 is 1.57 bits per heavy atom. The molecule has 0 N–H and O–H groups in total. The molecule has 0 aromatic heterocycles. The van der Waals surface area contributed by atoms with E-state index < -0.39 is 4.92 Å². The first-order valence-electron chi connectivity index (χ1n) is 3.99. The second kappa shape index (κ2) is 4.85. The lowest BCUT2D eigenvalue weighted by Gasteiger charge is -2.03. The first kappa shape index (κ1) is 10.8. The molecule has 0 saturated heterocycles. The van der Waals surface area contributed by atoms with Crippen molar-refractivity contribution in [1.82, 2.24) is 0 Å². The third-order valence-electron chi connectivity index (χ3n) is 1.75. The molecule has 0 fully saturated rings. The van der Waals surface area contributed by atoms with Gasteiger partial charge < -0.3 is 4.74 Å². The van der Waals surface area contributed by atoms with E-state index in [-0.39, 0.29) is 5.69 Å². The zero-order valence-corrected chi connectivity index (χ0v) is 8.84. The Bertz CT molecular complexity index is 341. The Labute approximate surface area is 86.4 Å². The maximum atomic E-state index is 10.6. The van der Waals surface area contributed by atoms with Gasteiger partial charge in [0.1, 0.15) is 0 Å². The molecule has 0 spiro atoms. The van der Waals surface area contributed by atoms with Gasteiger partial charge in [-0.3, -0.25) is 10.1 Å². The first-order valence-corrected chi connectivity index (χ1v) is 5.38. The van der Waals surface area contributed by atoms with Crippen molar-refractivity contribution in [2.45, 2.75) is 5.75 Å². The Kier molecular flexibility index (Phi) is 3.76. The zero-order chi connectivity index (χ0) is 10.6. The summed E-state index contributed by atoms with van der Waals surface area (Å²) in [6, 6.07) is 4.93. The SMILES string of the molecule is COc1cc(CSC)ccc1[N+](=O)[O-]. The van der Waals surface area contributed by atoms with Crippen LogP contribution >= 0.6 is 11.8 Å². The number of hydrogen-bond acceptors (Lipinski definition) is 4. The highest BCUT2D eigenvalue weighted by Crippen LogP contribution is 2.28. The summed E-state index contributed by atoms with van der Waals surface area (Å²) in [4.78, 5) is 10.1. The third kappa shape index (κ3) is 2.38. The molecule has 0 saturated carbocycles. The van der Waals surface area contributed by atoms with Crippen molar-refractivity contribution in [3.63, 3.8) is 0 Å². The van der Waals surface area contributed by atoms with E-state index in [0.29, 0.717) is 5.75 Å². The number of rotatable bonds is 4. The molecule has 1 rings (SSSR count). The normalized spacial score (nSPS) is 9.86. The van der Waals surface area contributed by atoms with Crippen LogP contribution in [0.25, 0.3) is 0 Å². The summed E-state index contributed by atoms with van der Waals surface area (Å²) in [6.45, 7) is 0. The lowest BCUT2D eigenvalue weighted by Crippen LogP contribution is -1.94. The smallest absolute Gasteiger partial charge is 0.310 e. The minimum Gasteiger partial charge on any atom is -0.490 e. The quantitative estimate of drug-likeness (QED) is 0.569. The minimum absolute atomic E-state index is 0.0114. The van der Waals surface area contributed by atoms with Crippen LogP contribution in [0.2, 0.25) is 0 Å². The van der Waals surface area contributed by atoms with Crippen LogP contribution in [0.1, 0.15) is 5.56 Å². The molecule has 5 heteroatoms. The van der Waals surface area contributed by atoms with Gasteiger partial charge in [-0.25, -0.2) is 0 Å². The molecule has 4 nitrogen and oxygen atoms in total. The zero-order valence-electron chi connectivity index (χ0n) is 8.02. The molecular weight excluding hydrogens is 202 g/mol. The lowest BCUT2D eigenvalue weighted by molar-refractivity contribution is -0.385. The van der Waals surface area contributed by atoms with Gasteiger partial charge in [0.25, 0.3) is 0 Å². The molecule has 1 aromatic rings. The number of benzene rings is 1. The number of nitrogens with zero attached hydrogens (tertiary/aromatic N) is 1. The van der Waals surface area contributed by atoms with Crippen molar-refractivity contribution >= 4 is 17.4 Å². The summed E-state index contributed by atoms with van der Waals surface area (Å²) in [7, 11) is 1.44. The number of nitro groups is 1. The monoisotopic (exact) mass is 213 g/mol. The van der Waals surface area contributed by atoms with Gasteiger partial charge in [-0.2, -0.15) is 11.8 Å². The highest BCUT2D eigenvalue weighted by Gasteiger charge is 2.13. The van der Waals surface area contributed by atoms with E-state index >= 15 is 0 Å². The van der Waals surface area contributed by atoms with Crippen LogP contribution in [0.3, 0.4) is 0 Å². The lowest BCUT2D eigenvalue weighted by atomic mass is 10.2. The van der Waals surface area contributed by atoms with Crippen molar-refractivity contribution < 1.29 is 9.66 Å². The van der Waals surface area contributed by atoms with E-state index in [1.54, 1.807) is 23.9 Å². The molecule has 0 bridgehead atoms. The maximum Gasteiger partial charge on any atom is 0.310 e. The van der Waals surface area contributed by atoms with Crippen molar-refractivity contribution in [3.05, 3.63) is 33.9 Å². The highest BCUT2D eigenvalue weighted by atomic mass is 32.2. The van der Waals surface area contributed by atoms with Crippen molar-refractivity contribution in [2.24, 2.45) is 0 Å². The fourth-order valence-electron chi connectivity index (χ4n) is 1.13. The Morgan fingerprint density at radius 2 is 2.29 bits per heavy atom. The minimum atomic E-state index is -0.443. The number of hydrogen-bond donors (Lipinski definition) is 0. The van der Waals surface area contributed by atoms with E-state index in [0.717, 1.165) is 11.3 Å². The van der Waals surface area contributed by atoms with Crippen LogP contribution in [-0.4, -0.2) is 18.3 Å². The number of thioether (sulfide) groups is 1. The molecule has 0 aliphatic carbocycles. The van der Waals surface area contributed by atoms with Gasteiger partial charge in [-0.15, -0.1) is 0 Å². The summed E-state index contributed by atoms with van der Waals surface area (Å²) in [5, 5.41) is 10.6. The molecule has 0 aliphatic rings. The molecule has 0 amide bonds. The second-order valence-corrected chi connectivity index (χ2v) is 3.56. The van der Waals surface area contributed by atoms with Crippen LogP contribution in [0.15, 0.2) is 18.2 Å². The van der Waals surface area contributed by atoms with Gasteiger partial charge in [0.15, 0.2) is 5.75 Å². The molecule has 76 valence electrons. The van der Waals surface area contributed by atoms with E-state index in [4.69, 9.17) is 4.74 Å². The van der Waals surface area contributed by atoms with E-state index in [2.05, 4.69) is 0 Å². The van der Waals surface area contributed by atoms with Gasteiger partial charge in [0.2, 0.25) is 0 Å². The average Bonchev–Trinajstić information content (AvgIpc) is 2.17. The Hall–Kier alpha value is -1.23. The summed E-state index contributed by atoms with van der Waals surface area (Å²) in [5.74, 6) is 1.15. The van der Waals surface area contributed by atoms with Crippen LogP contribution < -0.4 is 4.74 Å². The topological polar surface area (TPSA) is 52.4 Å². The van der Waals surface area contributed by atoms with Crippen LogP contribution in [0.5, 0.6) is 5.75 Å². The third-order valence-corrected chi connectivity index (χ3v) is 2.37. The number of ether oxygens (including phenoxy) is 1. The average molecular weight is 213 g/mol. The Balaban J connectivity index is 3.05. The molecular formula is C9H11NO3S. The molecule has 1 aromatic carbocycles. The van der Waals surface area contributed by atoms with Crippen molar-refractivity contribution in [1.29, 1.82) is 0 Å². The molecule has 0 unspecified atom stereocenters. The fourth-order valence-corrected chi connectivity index (χ4v) is 1.64. The summed E-state index contributed by atoms with van der Waals surface area (Å²) in [6.07, 6.45) is 1.98. The predicted octanol–water partition coefficient (Wildman–Crippen LogP) is 2.47. The fraction of sp³-hybridized carbons (Fsp3) is 0.333. The molecule has 0 aliphatic heterocycles. The van der Waals surface area contributed by atoms with Gasteiger partial charge in [0, 0.05) is 11.8 Å².